The van der Waals surface area contributed by atoms with Gasteiger partial charge in [-0.1, -0.05) is 195 Å². The second-order valence-corrected chi connectivity index (χ2v) is 20.3. The second kappa shape index (κ2) is 30.4. The highest BCUT2D eigenvalue weighted by Crippen LogP contribution is 2.49. The van der Waals surface area contributed by atoms with Gasteiger partial charge in [-0.05, 0) is 72.6 Å². The zero-order valence-corrected chi connectivity index (χ0v) is 41.3. The second-order valence-electron chi connectivity index (χ2n) is 19.4. The molecule has 0 unspecified atom stereocenters. The van der Waals surface area contributed by atoms with E-state index in [-0.39, 0.29) is 22.8 Å². The van der Waals surface area contributed by atoms with E-state index in [2.05, 4.69) is 67.5 Å². The van der Waals surface area contributed by atoms with Crippen molar-refractivity contribution >= 4 is 20.5 Å². The summed E-state index contributed by atoms with van der Waals surface area (Å²) in [6.07, 6.45) is 26.6. The number of hydrogen-bond donors (Lipinski definition) is 1. The van der Waals surface area contributed by atoms with Crippen molar-refractivity contribution in [3.63, 3.8) is 0 Å². The molecule has 2 rings (SSSR count). The summed E-state index contributed by atoms with van der Waals surface area (Å²) in [7, 11) is -2.25. The molecule has 0 bridgehead atoms. The third-order valence-corrected chi connectivity index (χ3v) is 12.2. The SMILES string of the molecule is CCCCCCCCCCCCOC(=O)CCc1cc(C)c(OP(OO)Oc2c(C)cc(CCC(=O)OCCCCCCCCCCCC)cc2C(C)(C)C)c(C(C)(C)C)c1. The monoisotopic (exact) mass is 871 g/mol. The number of aryl methyl sites for hydroxylation is 4. The zero-order valence-electron chi connectivity index (χ0n) is 40.4. The molecule has 0 spiro atoms. The lowest BCUT2D eigenvalue weighted by molar-refractivity contribution is -0.144. The van der Waals surface area contributed by atoms with Crippen molar-refractivity contribution in [2.75, 3.05) is 13.2 Å². The van der Waals surface area contributed by atoms with E-state index in [0.29, 0.717) is 50.4 Å². The maximum absolute atomic E-state index is 12.7. The Hall–Kier alpha value is -2.67. The highest BCUT2D eigenvalue weighted by Gasteiger charge is 2.30. The third-order valence-electron chi connectivity index (χ3n) is 11.4. The number of hydrogen-bond acceptors (Lipinski definition) is 8. The molecule has 2 aromatic rings. The molecule has 0 aliphatic rings. The molecule has 0 atom stereocenters. The largest absolute Gasteiger partial charge is 0.492 e. The van der Waals surface area contributed by atoms with Crippen molar-refractivity contribution in [3.05, 3.63) is 57.6 Å². The summed E-state index contributed by atoms with van der Waals surface area (Å²) in [5.74, 6) is 0.824. The molecule has 0 aliphatic carbocycles. The van der Waals surface area contributed by atoms with E-state index in [1.165, 1.54) is 103 Å². The average Bonchev–Trinajstić information content (AvgIpc) is 3.20. The van der Waals surface area contributed by atoms with E-state index in [1.54, 1.807) is 0 Å². The standard InChI is InChI=1S/C52H87O8P/c1-11-13-15-17-19-21-23-25-27-29-35-56-47(53)33-31-43-37-41(3)49(45(39-43)51(5,6)7)58-61(60-55)59-50-42(4)38-44(40-46(50)52(8,9)10)32-34-48(54)57-36-30-28-26-24-22-20-18-16-14-12-2/h37-40,55H,11-36H2,1-10H3. The molecule has 61 heavy (non-hydrogen) atoms. The fraction of sp³-hybridized carbons (Fsp3) is 0.731. The Labute approximate surface area is 373 Å². The maximum Gasteiger partial charge on any atom is 0.492 e. The lowest BCUT2D eigenvalue weighted by atomic mass is 9.83. The zero-order chi connectivity index (χ0) is 45.1. The van der Waals surface area contributed by atoms with Crippen molar-refractivity contribution in [2.24, 2.45) is 0 Å². The summed E-state index contributed by atoms with van der Waals surface area (Å²) < 4.78 is 28.9. The molecule has 0 radical (unpaired) electrons. The Morgan fingerprint density at radius 1 is 0.508 bits per heavy atom. The van der Waals surface area contributed by atoms with Crippen LogP contribution in [0.3, 0.4) is 0 Å². The van der Waals surface area contributed by atoms with Gasteiger partial charge in [-0.15, -0.1) is 4.67 Å². The Kier molecular flexibility index (Phi) is 27.2. The van der Waals surface area contributed by atoms with Gasteiger partial charge >= 0.3 is 20.5 Å². The average molecular weight is 871 g/mol. The summed E-state index contributed by atoms with van der Waals surface area (Å²) in [6, 6.07) is 8.19. The van der Waals surface area contributed by atoms with Gasteiger partial charge < -0.3 is 18.5 Å². The van der Waals surface area contributed by atoms with Gasteiger partial charge in [-0.3, -0.25) is 9.59 Å². The van der Waals surface area contributed by atoms with Gasteiger partial charge in [0.1, 0.15) is 11.5 Å². The van der Waals surface area contributed by atoms with E-state index in [1.807, 2.05) is 26.0 Å². The predicted octanol–water partition coefficient (Wildman–Crippen LogP) is 15.9. The summed E-state index contributed by atoms with van der Waals surface area (Å²) in [5.41, 5.74) is 4.98. The quantitative estimate of drug-likeness (QED) is 0.0249. The van der Waals surface area contributed by atoms with Crippen molar-refractivity contribution in [1.82, 2.24) is 0 Å². The molecule has 0 amide bonds. The highest BCUT2D eigenvalue weighted by atomic mass is 31.2. The molecule has 0 saturated heterocycles. The topological polar surface area (TPSA) is 101 Å². The van der Waals surface area contributed by atoms with Crippen molar-refractivity contribution < 1.29 is 38.0 Å². The smallest absolute Gasteiger partial charge is 0.466 e. The van der Waals surface area contributed by atoms with Crippen LogP contribution in [0.4, 0.5) is 0 Å². The predicted molar refractivity (Wildman–Crippen MR) is 254 cm³/mol. The van der Waals surface area contributed by atoms with Gasteiger partial charge in [0.25, 0.3) is 0 Å². The van der Waals surface area contributed by atoms with Gasteiger partial charge in [0.2, 0.25) is 0 Å². The van der Waals surface area contributed by atoms with Crippen molar-refractivity contribution in [2.45, 2.75) is 234 Å². The van der Waals surface area contributed by atoms with Gasteiger partial charge in [0, 0.05) is 24.0 Å². The Morgan fingerprint density at radius 2 is 0.820 bits per heavy atom. The molecule has 9 heteroatoms. The maximum atomic E-state index is 12.7. The lowest BCUT2D eigenvalue weighted by Crippen LogP contribution is -2.17. The number of benzene rings is 2. The van der Waals surface area contributed by atoms with Crippen LogP contribution in [-0.4, -0.2) is 30.4 Å². The van der Waals surface area contributed by atoms with Gasteiger partial charge in [0.05, 0.1) is 13.2 Å². The molecular formula is C52H87O8P. The Balaban J connectivity index is 1.96. The van der Waals surface area contributed by atoms with E-state index >= 15 is 0 Å². The molecule has 348 valence electrons. The van der Waals surface area contributed by atoms with Crippen LogP contribution < -0.4 is 9.05 Å². The van der Waals surface area contributed by atoms with Crippen molar-refractivity contribution in [1.29, 1.82) is 0 Å². The number of carbonyl (C=O) groups excluding carboxylic acids is 2. The van der Waals surface area contributed by atoms with E-state index in [0.717, 1.165) is 59.1 Å². The highest BCUT2D eigenvalue weighted by molar-refractivity contribution is 7.42. The minimum atomic E-state index is -2.25. The number of carbonyl (C=O) groups is 2. The fourth-order valence-electron chi connectivity index (χ4n) is 7.73. The van der Waals surface area contributed by atoms with Crippen LogP contribution in [0.25, 0.3) is 0 Å². The molecule has 2 aromatic carbocycles. The normalized spacial score (nSPS) is 11.9. The molecule has 0 fully saturated rings. The van der Waals surface area contributed by atoms with E-state index in [9.17, 15) is 14.8 Å². The minimum absolute atomic E-state index is 0.174. The van der Waals surface area contributed by atoms with Gasteiger partial charge in [0.15, 0.2) is 0 Å². The van der Waals surface area contributed by atoms with Gasteiger partial charge in [-0.2, -0.15) is 0 Å². The summed E-state index contributed by atoms with van der Waals surface area (Å²) >= 11 is 0. The molecule has 0 aliphatic heterocycles. The Bertz CT molecular complexity index is 1410. The van der Waals surface area contributed by atoms with Crippen LogP contribution >= 0.6 is 8.60 Å². The van der Waals surface area contributed by atoms with Crippen LogP contribution in [0.5, 0.6) is 11.5 Å². The first-order valence-electron chi connectivity index (χ1n) is 24.2. The first-order valence-corrected chi connectivity index (χ1v) is 25.3. The summed E-state index contributed by atoms with van der Waals surface area (Å²) in [5, 5.41) is 10.2. The minimum Gasteiger partial charge on any atom is -0.466 e. The first-order chi connectivity index (χ1) is 29.1. The fourth-order valence-corrected chi connectivity index (χ4v) is 8.62. The number of unbranched alkanes of at least 4 members (excludes halogenated alkanes) is 18. The summed E-state index contributed by atoms with van der Waals surface area (Å²) in [4.78, 5) is 25.3. The molecular weight excluding hydrogens is 784 g/mol. The first kappa shape index (κ1) is 54.5. The van der Waals surface area contributed by atoms with Gasteiger partial charge in [-0.25, -0.2) is 5.26 Å². The number of ether oxygens (including phenoxy) is 2. The van der Waals surface area contributed by atoms with Crippen molar-refractivity contribution in [3.8, 4) is 11.5 Å². The van der Waals surface area contributed by atoms with Crippen LogP contribution in [0.15, 0.2) is 24.3 Å². The van der Waals surface area contributed by atoms with E-state index < -0.39 is 8.60 Å². The molecule has 1 N–H and O–H groups in total. The lowest BCUT2D eigenvalue weighted by Gasteiger charge is -2.28. The van der Waals surface area contributed by atoms with Crippen LogP contribution in [0.2, 0.25) is 0 Å². The van der Waals surface area contributed by atoms with Crippen LogP contribution in [0.1, 0.15) is 230 Å². The number of esters is 2. The molecule has 0 saturated carbocycles. The summed E-state index contributed by atoms with van der Waals surface area (Å²) in [6.45, 7) is 22.0. The molecule has 8 nitrogen and oxygen atoms in total. The molecule has 0 heterocycles. The Morgan fingerprint density at radius 3 is 1.11 bits per heavy atom. The molecule has 0 aromatic heterocycles. The van der Waals surface area contributed by atoms with Crippen LogP contribution in [-0.2, 0) is 47.4 Å². The number of rotatable bonds is 33. The van der Waals surface area contributed by atoms with E-state index in [4.69, 9.17) is 23.2 Å². The van der Waals surface area contributed by atoms with Crippen LogP contribution in [0, 0.1) is 13.8 Å². The third kappa shape index (κ3) is 23.0.